The number of aliphatic imine (C=N–C) groups is 1. The van der Waals surface area contributed by atoms with Gasteiger partial charge >= 0.3 is 0 Å². The maximum Gasteiger partial charge on any atom is 0.193 e. The van der Waals surface area contributed by atoms with Crippen molar-refractivity contribution in [1.29, 1.82) is 0 Å². The van der Waals surface area contributed by atoms with Crippen molar-refractivity contribution in [3.63, 3.8) is 0 Å². The van der Waals surface area contributed by atoms with E-state index in [-0.39, 0.29) is 0 Å². The Morgan fingerprint density at radius 3 is 2.43 bits per heavy atom. The van der Waals surface area contributed by atoms with Crippen LogP contribution >= 0.6 is 0 Å². The molecule has 0 spiro atoms. The van der Waals surface area contributed by atoms with Gasteiger partial charge in [0.1, 0.15) is 0 Å². The van der Waals surface area contributed by atoms with E-state index in [9.17, 15) is 0 Å². The van der Waals surface area contributed by atoms with E-state index in [1.54, 1.807) is 0 Å². The van der Waals surface area contributed by atoms with Crippen LogP contribution in [0, 0.1) is 17.8 Å². The number of nitrogens with one attached hydrogen (secondary N) is 1. The van der Waals surface area contributed by atoms with E-state index in [1.165, 1.54) is 38.8 Å². The Bertz CT molecular complexity index is 367. The van der Waals surface area contributed by atoms with Gasteiger partial charge in [0.05, 0.1) is 0 Å². The molecule has 3 unspecified atom stereocenters. The van der Waals surface area contributed by atoms with Gasteiger partial charge in [-0.25, -0.2) is 0 Å². The Kier molecular flexibility index (Phi) is 4.72. The fourth-order valence-corrected chi connectivity index (χ4v) is 4.20. The molecule has 3 fully saturated rings. The SMILES string of the molecule is CN=C(NCC1CCN(C2CC2)C1)N1CC(C)CC(C)C1. The second-order valence-electron chi connectivity index (χ2n) is 7.66. The smallest absolute Gasteiger partial charge is 0.193 e. The summed E-state index contributed by atoms with van der Waals surface area (Å²) < 4.78 is 0. The van der Waals surface area contributed by atoms with Gasteiger partial charge in [-0.15, -0.1) is 0 Å². The molecule has 0 aromatic rings. The van der Waals surface area contributed by atoms with Crippen molar-refractivity contribution in [2.45, 2.75) is 45.6 Å². The Hall–Kier alpha value is -0.770. The second-order valence-corrected chi connectivity index (χ2v) is 7.66. The molecule has 2 aliphatic heterocycles. The number of hydrogen-bond donors (Lipinski definition) is 1. The third-order valence-electron chi connectivity index (χ3n) is 5.31. The first-order chi connectivity index (χ1) is 10.2. The molecule has 0 radical (unpaired) electrons. The van der Waals surface area contributed by atoms with Gasteiger partial charge in [-0.3, -0.25) is 4.99 Å². The first-order valence-corrected chi connectivity index (χ1v) is 8.85. The molecule has 3 rings (SSSR count). The van der Waals surface area contributed by atoms with Crippen molar-refractivity contribution in [3.8, 4) is 0 Å². The molecule has 1 aliphatic carbocycles. The van der Waals surface area contributed by atoms with Gasteiger partial charge in [0.25, 0.3) is 0 Å². The molecule has 21 heavy (non-hydrogen) atoms. The van der Waals surface area contributed by atoms with Gasteiger partial charge < -0.3 is 15.1 Å². The van der Waals surface area contributed by atoms with E-state index >= 15 is 0 Å². The molecule has 3 aliphatic rings. The highest BCUT2D eigenvalue weighted by Crippen LogP contribution is 2.31. The molecule has 0 bridgehead atoms. The molecule has 1 N–H and O–H groups in total. The quantitative estimate of drug-likeness (QED) is 0.638. The molecule has 0 aromatic carbocycles. The first-order valence-electron chi connectivity index (χ1n) is 8.85. The summed E-state index contributed by atoms with van der Waals surface area (Å²) in [5, 5.41) is 3.65. The largest absolute Gasteiger partial charge is 0.356 e. The summed E-state index contributed by atoms with van der Waals surface area (Å²) >= 11 is 0. The van der Waals surface area contributed by atoms with Gasteiger partial charge in [-0.1, -0.05) is 13.8 Å². The lowest BCUT2D eigenvalue weighted by Crippen LogP contribution is -2.49. The Morgan fingerprint density at radius 1 is 1.10 bits per heavy atom. The lowest BCUT2D eigenvalue weighted by molar-refractivity contribution is 0.208. The zero-order valence-electron chi connectivity index (χ0n) is 14.0. The average molecular weight is 292 g/mol. The van der Waals surface area contributed by atoms with Gasteiger partial charge in [0.2, 0.25) is 0 Å². The highest BCUT2D eigenvalue weighted by molar-refractivity contribution is 5.80. The molecule has 0 aromatic heterocycles. The number of piperidine rings is 1. The number of rotatable bonds is 3. The third kappa shape index (κ3) is 3.91. The molecule has 1 saturated carbocycles. The maximum atomic E-state index is 4.53. The van der Waals surface area contributed by atoms with E-state index < -0.39 is 0 Å². The first kappa shape index (κ1) is 15.1. The predicted molar refractivity (Wildman–Crippen MR) is 88.6 cm³/mol. The zero-order valence-corrected chi connectivity index (χ0v) is 14.0. The highest BCUT2D eigenvalue weighted by atomic mass is 15.3. The van der Waals surface area contributed by atoms with Crippen LogP contribution in [0.15, 0.2) is 4.99 Å². The molecule has 120 valence electrons. The van der Waals surface area contributed by atoms with Crippen molar-refractivity contribution in [3.05, 3.63) is 0 Å². The van der Waals surface area contributed by atoms with Crippen molar-refractivity contribution < 1.29 is 0 Å². The number of nitrogens with zero attached hydrogens (tertiary/aromatic N) is 3. The van der Waals surface area contributed by atoms with Gasteiger partial charge in [0, 0.05) is 39.3 Å². The summed E-state index contributed by atoms with van der Waals surface area (Å²) in [5.41, 5.74) is 0. The van der Waals surface area contributed by atoms with Crippen LogP contribution in [0.25, 0.3) is 0 Å². The van der Waals surface area contributed by atoms with Crippen LogP contribution in [0.1, 0.15) is 39.5 Å². The van der Waals surface area contributed by atoms with Crippen LogP contribution in [-0.2, 0) is 0 Å². The monoisotopic (exact) mass is 292 g/mol. The minimum absolute atomic E-state index is 0.782. The minimum Gasteiger partial charge on any atom is -0.356 e. The molecular formula is C17H32N4. The summed E-state index contributed by atoms with van der Waals surface area (Å²) in [4.78, 5) is 9.69. The van der Waals surface area contributed by atoms with Crippen LogP contribution in [0.5, 0.6) is 0 Å². The zero-order chi connectivity index (χ0) is 14.8. The van der Waals surface area contributed by atoms with Crippen molar-refractivity contribution >= 4 is 5.96 Å². The Labute approximate surface area is 130 Å². The Morgan fingerprint density at radius 2 is 1.81 bits per heavy atom. The molecule has 4 nitrogen and oxygen atoms in total. The summed E-state index contributed by atoms with van der Waals surface area (Å²) in [6.45, 7) is 10.7. The standard InChI is InChI=1S/C17H32N4/c1-13-8-14(2)11-21(10-13)17(18-3)19-9-15-6-7-20(12-15)16-4-5-16/h13-16H,4-12H2,1-3H3,(H,18,19). The Balaban J connectivity index is 1.46. The molecule has 0 amide bonds. The topological polar surface area (TPSA) is 30.9 Å². The molecule has 2 heterocycles. The predicted octanol–water partition coefficient (Wildman–Crippen LogP) is 2.02. The van der Waals surface area contributed by atoms with Crippen molar-refractivity contribution in [2.75, 3.05) is 39.8 Å². The summed E-state index contributed by atoms with van der Waals surface area (Å²) in [5.74, 6) is 3.49. The van der Waals surface area contributed by atoms with Gasteiger partial charge in [-0.05, 0) is 50.0 Å². The maximum absolute atomic E-state index is 4.53. The van der Waals surface area contributed by atoms with E-state index in [1.807, 2.05) is 7.05 Å². The van der Waals surface area contributed by atoms with Crippen LogP contribution in [0.4, 0.5) is 0 Å². The fourth-order valence-electron chi connectivity index (χ4n) is 4.20. The van der Waals surface area contributed by atoms with Crippen LogP contribution in [0.3, 0.4) is 0 Å². The number of guanidine groups is 1. The molecule has 4 heteroatoms. The summed E-state index contributed by atoms with van der Waals surface area (Å²) in [7, 11) is 1.93. The molecule has 2 saturated heterocycles. The van der Waals surface area contributed by atoms with Gasteiger partial charge in [-0.2, -0.15) is 0 Å². The fraction of sp³-hybridized carbons (Fsp3) is 0.941. The average Bonchev–Trinajstić information content (AvgIpc) is 3.18. The van der Waals surface area contributed by atoms with Gasteiger partial charge in [0.15, 0.2) is 5.96 Å². The van der Waals surface area contributed by atoms with Crippen LogP contribution in [0.2, 0.25) is 0 Å². The van der Waals surface area contributed by atoms with E-state index in [2.05, 4.69) is 34.0 Å². The highest BCUT2D eigenvalue weighted by Gasteiger charge is 2.34. The van der Waals surface area contributed by atoms with Crippen molar-refractivity contribution in [2.24, 2.45) is 22.7 Å². The molecule has 3 atom stereocenters. The van der Waals surface area contributed by atoms with E-state index in [4.69, 9.17) is 0 Å². The number of likely N-dealkylation sites (tertiary alicyclic amines) is 2. The van der Waals surface area contributed by atoms with Crippen LogP contribution < -0.4 is 5.32 Å². The lowest BCUT2D eigenvalue weighted by Gasteiger charge is -2.37. The van der Waals surface area contributed by atoms with Crippen molar-refractivity contribution in [1.82, 2.24) is 15.1 Å². The summed E-state index contributed by atoms with van der Waals surface area (Å²) in [6.07, 6.45) is 5.58. The second kappa shape index (κ2) is 6.55. The summed E-state index contributed by atoms with van der Waals surface area (Å²) in [6, 6.07) is 0.929. The molecular weight excluding hydrogens is 260 g/mol. The third-order valence-corrected chi connectivity index (χ3v) is 5.31. The van der Waals surface area contributed by atoms with Crippen LogP contribution in [-0.4, -0.2) is 61.6 Å². The normalized spacial score (nSPS) is 35.3. The minimum atomic E-state index is 0.782. The van der Waals surface area contributed by atoms with E-state index in [0.717, 1.165) is 49.4 Å². The number of hydrogen-bond acceptors (Lipinski definition) is 2. The van der Waals surface area contributed by atoms with E-state index in [0.29, 0.717) is 0 Å². The lowest BCUT2D eigenvalue weighted by atomic mass is 9.92.